The molecule has 13 heteroatoms. The SMILES string of the molecule is Cc1cc(COc2ccc(C(=O)N(OC(=O)C(F)(F)F)C3(CC(=O)NO)CCOC3C)cc2)c2ccccc2n1. The van der Waals surface area contributed by atoms with Gasteiger partial charge in [0.05, 0.1) is 18.0 Å². The molecule has 0 radical (unpaired) electrons. The molecular weight excluding hydrogens is 535 g/mol. The summed E-state index contributed by atoms with van der Waals surface area (Å²) in [6.07, 6.45) is -7.27. The molecule has 1 aliphatic heterocycles. The van der Waals surface area contributed by atoms with Gasteiger partial charge < -0.3 is 14.3 Å². The molecule has 0 saturated carbocycles. The number of alkyl halides is 3. The highest BCUT2D eigenvalue weighted by Crippen LogP contribution is 2.38. The molecule has 2 unspecified atom stereocenters. The first-order chi connectivity index (χ1) is 18.9. The lowest BCUT2D eigenvalue weighted by molar-refractivity contribution is -0.247. The molecule has 2 heterocycles. The van der Waals surface area contributed by atoms with Crippen LogP contribution in [0.1, 0.15) is 41.4 Å². The second-order valence-corrected chi connectivity index (χ2v) is 9.31. The summed E-state index contributed by atoms with van der Waals surface area (Å²) in [5, 5.41) is 10.2. The number of hydroxylamine groups is 3. The topological polar surface area (TPSA) is 127 Å². The quantitative estimate of drug-likeness (QED) is 0.327. The average Bonchev–Trinajstić information content (AvgIpc) is 3.29. The number of hydrogen-bond donors (Lipinski definition) is 2. The lowest BCUT2D eigenvalue weighted by Gasteiger charge is -2.40. The van der Waals surface area contributed by atoms with Gasteiger partial charge in [0.2, 0.25) is 5.91 Å². The number of fused-ring (bicyclic) bond motifs is 1. The molecule has 0 bridgehead atoms. The number of aryl methyl sites for hydroxylation is 1. The van der Waals surface area contributed by atoms with Crippen LogP contribution in [0.15, 0.2) is 54.6 Å². The zero-order valence-electron chi connectivity index (χ0n) is 21.5. The van der Waals surface area contributed by atoms with Crippen LogP contribution in [-0.2, 0) is 25.8 Å². The summed E-state index contributed by atoms with van der Waals surface area (Å²) in [5.41, 5.74) is 1.92. The third-order valence-corrected chi connectivity index (χ3v) is 6.67. The minimum atomic E-state index is -5.42. The number of amides is 2. The van der Waals surface area contributed by atoms with Gasteiger partial charge in [-0.25, -0.2) is 10.3 Å². The molecule has 212 valence electrons. The number of nitrogens with one attached hydrogen (secondary N) is 1. The third kappa shape index (κ3) is 6.00. The number of rotatable bonds is 7. The van der Waals surface area contributed by atoms with Crippen molar-refractivity contribution in [2.75, 3.05) is 6.61 Å². The van der Waals surface area contributed by atoms with Crippen molar-refractivity contribution < 1.29 is 47.1 Å². The highest BCUT2D eigenvalue weighted by Gasteiger charge is 2.55. The van der Waals surface area contributed by atoms with Crippen molar-refractivity contribution in [1.82, 2.24) is 15.5 Å². The summed E-state index contributed by atoms with van der Waals surface area (Å²) < 4.78 is 50.7. The largest absolute Gasteiger partial charge is 0.493 e. The Morgan fingerprint density at radius 2 is 1.88 bits per heavy atom. The average molecular weight is 562 g/mol. The van der Waals surface area contributed by atoms with Gasteiger partial charge in [-0.15, -0.1) is 0 Å². The minimum Gasteiger partial charge on any atom is -0.489 e. The van der Waals surface area contributed by atoms with Crippen LogP contribution in [0.3, 0.4) is 0 Å². The van der Waals surface area contributed by atoms with Gasteiger partial charge >= 0.3 is 12.1 Å². The van der Waals surface area contributed by atoms with E-state index in [0.29, 0.717) is 5.75 Å². The summed E-state index contributed by atoms with van der Waals surface area (Å²) in [6, 6.07) is 14.9. The van der Waals surface area contributed by atoms with E-state index in [1.165, 1.54) is 36.7 Å². The fourth-order valence-electron chi connectivity index (χ4n) is 4.61. The monoisotopic (exact) mass is 561 g/mol. The first-order valence-corrected chi connectivity index (χ1v) is 12.2. The van der Waals surface area contributed by atoms with Crippen molar-refractivity contribution in [3.63, 3.8) is 0 Å². The first-order valence-electron chi connectivity index (χ1n) is 12.2. The number of carbonyl (C=O) groups excluding carboxylic acids is 3. The summed E-state index contributed by atoms with van der Waals surface area (Å²) in [7, 11) is 0. The molecule has 2 aromatic carbocycles. The van der Waals surface area contributed by atoms with Crippen molar-refractivity contribution in [3.05, 3.63) is 71.4 Å². The number of halogens is 3. The van der Waals surface area contributed by atoms with E-state index in [9.17, 15) is 27.6 Å². The van der Waals surface area contributed by atoms with Gasteiger partial charge in [-0.3, -0.25) is 19.8 Å². The number of aromatic nitrogens is 1. The third-order valence-electron chi connectivity index (χ3n) is 6.67. The van der Waals surface area contributed by atoms with Crippen molar-refractivity contribution >= 4 is 28.7 Å². The van der Waals surface area contributed by atoms with Gasteiger partial charge in [-0.2, -0.15) is 18.2 Å². The lowest BCUT2D eigenvalue weighted by atomic mass is 9.86. The molecule has 1 saturated heterocycles. The highest BCUT2D eigenvalue weighted by atomic mass is 19.4. The molecule has 4 rings (SSSR count). The lowest BCUT2D eigenvalue weighted by Crippen LogP contribution is -2.59. The Kier molecular flexibility index (Phi) is 8.26. The van der Waals surface area contributed by atoms with Gasteiger partial charge in [0.1, 0.15) is 17.9 Å². The van der Waals surface area contributed by atoms with Gasteiger partial charge in [0, 0.05) is 35.2 Å². The van der Waals surface area contributed by atoms with E-state index in [2.05, 4.69) is 9.82 Å². The number of benzene rings is 2. The first kappa shape index (κ1) is 28.8. The molecule has 0 spiro atoms. The Bertz CT molecular complexity index is 1410. The smallest absolute Gasteiger partial charge is 0.489 e. The normalized spacial score (nSPS) is 18.8. The molecule has 1 fully saturated rings. The fraction of sp³-hybridized carbons (Fsp3) is 0.333. The second-order valence-electron chi connectivity index (χ2n) is 9.31. The molecule has 0 aliphatic carbocycles. The number of carbonyl (C=O) groups is 3. The summed E-state index contributed by atoms with van der Waals surface area (Å²) in [4.78, 5) is 46.4. The van der Waals surface area contributed by atoms with Crippen molar-refractivity contribution in [2.45, 2.75) is 51.1 Å². The molecule has 2 N–H and O–H groups in total. The molecule has 3 aromatic rings. The predicted molar refractivity (Wildman–Crippen MR) is 133 cm³/mol. The number of para-hydroxylation sites is 1. The van der Waals surface area contributed by atoms with E-state index in [-0.39, 0.29) is 30.3 Å². The van der Waals surface area contributed by atoms with Crippen molar-refractivity contribution in [2.24, 2.45) is 0 Å². The van der Waals surface area contributed by atoms with Gasteiger partial charge in [-0.05, 0) is 50.2 Å². The standard InChI is InChI=1S/C27H26F3N3O7/c1-16-13-19(21-5-3-4-6-22(21)31-16)15-39-20-9-7-18(8-10-20)24(35)33(40-25(36)27(28,29)30)26(14-23(34)32-37)11-12-38-17(26)2/h3-10,13,17,37H,11-12,14-15H2,1-2H3,(H,32,34). The zero-order chi connectivity index (χ0) is 29.1. The van der Waals surface area contributed by atoms with Crippen LogP contribution in [0.2, 0.25) is 0 Å². The molecule has 40 heavy (non-hydrogen) atoms. The second kappa shape index (κ2) is 11.5. The van der Waals surface area contributed by atoms with Crippen LogP contribution in [0, 0.1) is 6.92 Å². The van der Waals surface area contributed by atoms with Gasteiger partial charge in [-0.1, -0.05) is 18.2 Å². The highest BCUT2D eigenvalue weighted by molar-refractivity contribution is 5.95. The van der Waals surface area contributed by atoms with E-state index < -0.39 is 42.0 Å². The zero-order valence-corrected chi connectivity index (χ0v) is 21.5. The Morgan fingerprint density at radius 3 is 2.50 bits per heavy atom. The fourth-order valence-corrected chi connectivity index (χ4v) is 4.61. The van der Waals surface area contributed by atoms with Crippen LogP contribution in [0.25, 0.3) is 10.9 Å². The minimum absolute atomic E-state index is 0.0385. The maximum absolute atomic E-state index is 13.5. The number of pyridine rings is 1. The van der Waals surface area contributed by atoms with E-state index in [1.54, 1.807) is 0 Å². The van der Waals surface area contributed by atoms with Crippen LogP contribution >= 0.6 is 0 Å². The Morgan fingerprint density at radius 1 is 1.18 bits per heavy atom. The van der Waals surface area contributed by atoms with Crippen LogP contribution < -0.4 is 10.2 Å². The Balaban J connectivity index is 1.59. The number of ether oxygens (including phenoxy) is 2. The van der Waals surface area contributed by atoms with Crippen LogP contribution in [0.4, 0.5) is 13.2 Å². The molecule has 2 amide bonds. The summed E-state index contributed by atoms with van der Waals surface area (Å²) >= 11 is 0. The molecule has 2 atom stereocenters. The van der Waals surface area contributed by atoms with E-state index >= 15 is 0 Å². The van der Waals surface area contributed by atoms with E-state index in [4.69, 9.17) is 14.7 Å². The van der Waals surface area contributed by atoms with Crippen LogP contribution in [-0.4, -0.2) is 57.5 Å². The summed E-state index contributed by atoms with van der Waals surface area (Å²) in [5.74, 6) is -4.42. The van der Waals surface area contributed by atoms with E-state index in [1.807, 2.05) is 37.3 Å². The Labute approximate surface area is 226 Å². The Hall–Kier alpha value is -4.23. The van der Waals surface area contributed by atoms with Crippen molar-refractivity contribution in [1.29, 1.82) is 0 Å². The van der Waals surface area contributed by atoms with Crippen LogP contribution in [0.5, 0.6) is 5.75 Å². The molecule has 10 nitrogen and oxygen atoms in total. The number of nitrogens with zero attached hydrogens (tertiary/aromatic N) is 2. The van der Waals surface area contributed by atoms with Crippen molar-refractivity contribution in [3.8, 4) is 5.75 Å². The summed E-state index contributed by atoms with van der Waals surface area (Å²) in [6.45, 7) is 3.42. The number of hydrogen-bond acceptors (Lipinski definition) is 8. The molecule has 1 aliphatic rings. The maximum Gasteiger partial charge on any atom is 0.493 e. The maximum atomic E-state index is 13.5. The predicted octanol–water partition coefficient (Wildman–Crippen LogP) is 4.03. The van der Waals surface area contributed by atoms with E-state index in [0.717, 1.165) is 22.2 Å². The molecule has 1 aromatic heterocycles. The van der Waals surface area contributed by atoms with Gasteiger partial charge in [0.15, 0.2) is 0 Å². The molecular formula is C27H26F3N3O7. The van der Waals surface area contributed by atoms with Gasteiger partial charge in [0.25, 0.3) is 5.91 Å².